The van der Waals surface area contributed by atoms with Crippen LogP contribution in [-0.2, 0) is 27.4 Å². The van der Waals surface area contributed by atoms with Crippen LogP contribution in [0.1, 0.15) is 197 Å². The zero-order chi connectivity index (χ0) is 45.2. The maximum Gasteiger partial charge on any atom is 0.161 e. The second kappa shape index (κ2) is 33.3. The second-order valence-electron chi connectivity index (χ2n) is 21.4. The molecule has 0 N–H and O–H groups in total. The van der Waals surface area contributed by atoms with Gasteiger partial charge in [-0.3, -0.25) is 0 Å². The SMILES string of the molecule is CC(I)CC(C)CC(C)CC(C)CC(C)CC(C)CCCC(OCc1ccccc1)OC(CCCC(C)CC(C)CC(C)CC(C)CC(C)CC(C)I)OCc1ccccc1. The van der Waals surface area contributed by atoms with Gasteiger partial charge in [0.2, 0.25) is 0 Å². The summed E-state index contributed by atoms with van der Waals surface area (Å²) in [5.74, 6) is 7.77. The molecule has 352 valence electrons. The van der Waals surface area contributed by atoms with Crippen molar-refractivity contribution in [1.29, 1.82) is 0 Å². The fourth-order valence-electron chi connectivity index (χ4n) is 11.0. The molecule has 0 fully saturated rings. The van der Waals surface area contributed by atoms with Crippen LogP contribution in [0.25, 0.3) is 0 Å². The first kappa shape index (κ1) is 56.9. The number of halogens is 2. The third-order valence-corrected chi connectivity index (χ3v) is 14.0. The van der Waals surface area contributed by atoms with Gasteiger partial charge < -0.3 is 14.2 Å². The topological polar surface area (TPSA) is 27.7 Å². The van der Waals surface area contributed by atoms with Crippen molar-refractivity contribution < 1.29 is 14.2 Å². The number of alkyl halides is 2. The molecule has 0 saturated carbocycles. The zero-order valence-corrected chi connectivity index (χ0v) is 45.9. The lowest BCUT2D eigenvalue weighted by molar-refractivity contribution is -0.257. The molecule has 0 bridgehead atoms. The van der Waals surface area contributed by atoms with E-state index in [0.717, 1.165) is 80.9 Å². The molecule has 0 saturated heterocycles. The lowest BCUT2D eigenvalue weighted by Crippen LogP contribution is -2.27. The Kier molecular flexibility index (Phi) is 31.0. The van der Waals surface area contributed by atoms with Crippen molar-refractivity contribution in [3.63, 3.8) is 0 Å². The summed E-state index contributed by atoms with van der Waals surface area (Å²) in [5, 5.41) is 0. The van der Waals surface area contributed by atoms with Gasteiger partial charge in [-0.2, -0.15) is 0 Å². The van der Waals surface area contributed by atoms with Gasteiger partial charge in [0.1, 0.15) is 0 Å². The number of hydrogen-bond donors (Lipinski definition) is 0. The van der Waals surface area contributed by atoms with Crippen molar-refractivity contribution in [1.82, 2.24) is 0 Å². The van der Waals surface area contributed by atoms with Crippen LogP contribution in [0.15, 0.2) is 60.7 Å². The Morgan fingerprint density at radius 3 is 0.885 bits per heavy atom. The maximum absolute atomic E-state index is 6.85. The van der Waals surface area contributed by atoms with E-state index in [1.165, 1.54) is 88.2 Å². The zero-order valence-electron chi connectivity index (χ0n) is 41.6. The first-order valence-corrected chi connectivity index (χ1v) is 27.7. The van der Waals surface area contributed by atoms with Gasteiger partial charge in [-0.05, 0) is 160 Å². The fourth-order valence-corrected chi connectivity index (χ4v) is 12.7. The van der Waals surface area contributed by atoms with Gasteiger partial charge in [0, 0.05) is 7.85 Å². The molecule has 0 aliphatic heterocycles. The van der Waals surface area contributed by atoms with Crippen LogP contribution >= 0.6 is 45.2 Å². The largest absolute Gasteiger partial charge is 0.348 e. The summed E-state index contributed by atoms with van der Waals surface area (Å²) in [4.78, 5) is 0. The van der Waals surface area contributed by atoms with Gasteiger partial charge in [0.05, 0.1) is 13.2 Å². The fraction of sp³-hybridized carbons (Fsp3) is 0.786. The Morgan fingerprint density at radius 1 is 0.344 bits per heavy atom. The highest BCUT2D eigenvalue weighted by Gasteiger charge is 2.22. The van der Waals surface area contributed by atoms with Crippen LogP contribution in [0.4, 0.5) is 0 Å². The quantitative estimate of drug-likeness (QED) is 0.0387. The van der Waals surface area contributed by atoms with Gasteiger partial charge in [-0.25, -0.2) is 0 Å². The molecule has 0 amide bonds. The Bertz CT molecular complexity index is 1210. The Morgan fingerprint density at radius 2 is 0.607 bits per heavy atom. The van der Waals surface area contributed by atoms with Gasteiger partial charge >= 0.3 is 0 Å². The van der Waals surface area contributed by atoms with E-state index in [4.69, 9.17) is 14.2 Å². The van der Waals surface area contributed by atoms with Crippen molar-refractivity contribution >= 4 is 45.2 Å². The van der Waals surface area contributed by atoms with Crippen molar-refractivity contribution in [3.8, 4) is 0 Å². The Hall–Kier alpha value is -0.220. The molecule has 0 radical (unpaired) electrons. The van der Waals surface area contributed by atoms with E-state index < -0.39 is 0 Å². The van der Waals surface area contributed by atoms with Gasteiger partial charge in [0.25, 0.3) is 0 Å². The highest BCUT2D eigenvalue weighted by Crippen LogP contribution is 2.32. The predicted molar refractivity (Wildman–Crippen MR) is 284 cm³/mol. The number of ether oxygens (including phenoxy) is 3. The van der Waals surface area contributed by atoms with Crippen molar-refractivity contribution in [2.75, 3.05) is 0 Å². The molecule has 0 aromatic heterocycles. The van der Waals surface area contributed by atoms with Crippen molar-refractivity contribution in [3.05, 3.63) is 71.8 Å². The second-order valence-corrected chi connectivity index (χ2v) is 25.7. The van der Waals surface area contributed by atoms with E-state index in [0.29, 0.717) is 25.0 Å². The van der Waals surface area contributed by atoms with Crippen LogP contribution in [0.3, 0.4) is 0 Å². The van der Waals surface area contributed by atoms with Crippen LogP contribution in [0.5, 0.6) is 0 Å². The molecular formula is C56H96I2O3. The number of rotatable bonds is 36. The van der Waals surface area contributed by atoms with Crippen molar-refractivity contribution in [2.24, 2.45) is 59.2 Å². The summed E-state index contributed by atoms with van der Waals surface area (Å²) >= 11 is 5.17. The molecule has 0 heterocycles. The van der Waals surface area contributed by atoms with E-state index in [1.54, 1.807) is 0 Å². The minimum absolute atomic E-state index is 0.293. The first-order chi connectivity index (χ1) is 29.0. The molecule has 14 unspecified atom stereocenters. The maximum atomic E-state index is 6.85. The van der Waals surface area contributed by atoms with E-state index >= 15 is 0 Å². The van der Waals surface area contributed by atoms with E-state index in [-0.39, 0.29) is 12.6 Å². The molecule has 5 heteroatoms. The van der Waals surface area contributed by atoms with Gasteiger partial charge in [0.15, 0.2) is 12.6 Å². The molecule has 61 heavy (non-hydrogen) atoms. The van der Waals surface area contributed by atoms with E-state index in [9.17, 15) is 0 Å². The smallest absolute Gasteiger partial charge is 0.161 e. The van der Waals surface area contributed by atoms with Gasteiger partial charge in [-0.1, -0.05) is 202 Å². The first-order valence-electron chi connectivity index (χ1n) is 25.2. The highest BCUT2D eigenvalue weighted by molar-refractivity contribution is 14.1. The third-order valence-electron chi connectivity index (χ3n) is 13.0. The Balaban J connectivity index is 1.94. The van der Waals surface area contributed by atoms with E-state index in [1.807, 2.05) is 0 Å². The molecule has 2 aromatic rings. The summed E-state index contributed by atoms with van der Waals surface area (Å²) in [6.45, 7) is 30.5. The lowest BCUT2D eigenvalue weighted by atomic mass is 9.82. The van der Waals surface area contributed by atoms with Crippen LogP contribution in [-0.4, -0.2) is 20.4 Å². The van der Waals surface area contributed by atoms with Crippen LogP contribution in [0.2, 0.25) is 0 Å². The van der Waals surface area contributed by atoms with Gasteiger partial charge in [-0.15, -0.1) is 0 Å². The average Bonchev–Trinajstić information content (AvgIpc) is 3.15. The molecule has 0 spiro atoms. The third kappa shape index (κ3) is 29.8. The van der Waals surface area contributed by atoms with Crippen LogP contribution in [0, 0.1) is 59.2 Å². The van der Waals surface area contributed by atoms with E-state index in [2.05, 4.69) is 189 Å². The predicted octanol–water partition coefficient (Wildman–Crippen LogP) is 18.3. The molecule has 0 aliphatic rings. The number of benzene rings is 2. The Labute approximate surface area is 406 Å². The summed E-state index contributed by atoms with van der Waals surface area (Å²) in [6.07, 6.45) is 19.2. The molecule has 3 nitrogen and oxygen atoms in total. The normalized spacial score (nSPS) is 19.1. The minimum atomic E-state index is -0.293. The van der Waals surface area contributed by atoms with Crippen molar-refractivity contribution in [2.45, 2.75) is 219 Å². The monoisotopic (exact) mass is 1070 g/mol. The minimum Gasteiger partial charge on any atom is -0.348 e. The molecule has 0 aliphatic carbocycles. The number of hydrogen-bond acceptors (Lipinski definition) is 3. The standard InChI is InChI=1S/C56H96I2O3/c1-41(29-43(3)31-45(5)33-47(7)35-49(9)37-51(11)57)21-19-27-55(59-39-53-23-15-13-16-24-53)61-56(60-40-54-25-17-14-18-26-54)28-20-22-42(2)30-44(4)32-46(6)34-48(8)36-50(10)38-52(12)58/h13-18,23-26,41-52,55-56H,19-22,27-40H2,1-12H3. The summed E-state index contributed by atoms with van der Waals surface area (Å²) in [5.41, 5.74) is 2.37. The molecule has 14 atom stereocenters. The molecule has 2 rings (SSSR count). The summed E-state index contributed by atoms with van der Waals surface area (Å²) < 4.78 is 21.6. The molecular weight excluding hydrogens is 974 g/mol. The van der Waals surface area contributed by atoms with Crippen LogP contribution < -0.4 is 0 Å². The summed E-state index contributed by atoms with van der Waals surface area (Å²) in [6, 6.07) is 21.1. The lowest BCUT2D eigenvalue weighted by Gasteiger charge is -2.27. The summed E-state index contributed by atoms with van der Waals surface area (Å²) in [7, 11) is 0. The molecule has 2 aromatic carbocycles. The average molecular weight is 1070 g/mol. The highest BCUT2D eigenvalue weighted by atomic mass is 127.